The standard InChI is InChI=1S/C13H15BrO2S/c14-12-7-9(2-4-13(15)16)1-3-11(12)10-5-6-17-8-10/h1,3,7,10H,2,4-6,8H2,(H,15,16). The highest BCUT2D eigenvalue weighted by molar-refractivity contribution is 9.10. The quantitative estimate of drug-likeness (QED) is 0.921. The van der Waals surface area contributed by atoms with Gasteiger partial charge in [-0.2, -0.15) is 11.8 Å². The van der Waals surface area contributed by atoms with Crippen LogP contribution in [0.15, 0.2) is 22.7 Å². The molecular weight excluding hydrogens is 300 g/mol. The average Bonchev–Trinajstić information content (AvgIpc) is 2.79. The van der Waals surface area contributed by atoms with Crippen molar-refractivity contribution in [2.24, 2.45) is 0 Å². The molecule has 92 valence electrons. The Labute approximate surface area is 114 Å². The second-order valence-corrected chi connectivity index (χ2v) is 6.31. The van der Waals surface area contributed by atoms with Crippen LogP contribution in [-0.4, -0.2) is 22.6 Å². The Morgan fingerprint density at radius 1 is 1.53 bits per heavy atom. The van der Waals surface area contributed by atoms with Gasteiger partial charge in [-0.05, 0) is 41.7 Å². The topological polar surface area (TPSA) is 37.3 Å². The maximum Gasteiger partial charge on any atom is 0.303 e. The van der Waals surface area contributed by atoms with Crippen molar-refractivity contribution < 1.29 is 9.90 Å². The molecule has 1 aliphatic heterocycles. The molecule has 1 aromatic rings. The number of hydrogen-bond donors (Lipinski definition) is 1. The number of rotatable bonds is 4. The number of thioether (sulfide) groups is 1. The van der Waals surface area contributed by atoms with Gasteiger partial charge in [0.1, 0.15) is 0 Å². The Balaban J connectivity index is 2.08. The number of halogens is 1. The summed E-state index contributed by atoms with van der Waals surface area (Å²) >= 11 is 5.61. The number of aryl methyl sites for hydroxylation is 1. The summed E-state index contributed by atoms with van der Waals surface area (Å²) in [5.74, 6) is 2.37. The summed E-state index contributed by atoms with van der Waals surface area (Å²) in [7, 11) is 0. The van der Waals surface area contributed by atoms with E-state index in [1.54, 1.807) is 0 Å². The van der Waals surface area contributed by atoms with Gasteiger partial charge in [-0.3, -0.25) is 4.79 Å². The zero-order valence-electron chi connectivity index (χ0n) is 9.49. The highest BCUT2D eigenvalue weighted by Crippen LogP contribution is 2.36. The van der Waals surface area contributed by atoms with Crippen molar-refractivity contribution in [3.8, 4) is 0 Å². The molecule has 0 aromatic heterocycles. The predicted molar refractivity (Wildman–Crippen MR) is 74.8 cm³/mol. The molecule has 0 amide bonds. The van der Waals surface area contributed by atoms with Crippen LogP contribution in [0.1, 0.15) is 29.9 Å². The van der Waals surface area contributed by atoms with Crippen LogP contribution < -0.4 is 0 Å². The molecule has 0 radical (unpaired) electrons. The van der Waals surface area contributed by atoms with Crippen molar-refractivity contribution in [2.75, 3.05) is 11.5 Å². The molecule has 0 saturated carbocycles. The first-order valence-corrected chi connectivity index (χ1v) is 7.69. The molecule has 1 atom stereocenters. The third-order valence-corrected chi connectivity index (χ3v) is 4.91. The number of carboxylic acid groups (broad SMARTS) is 1. The lowest BCUT2D eigenvalue weighted by Gasteiger charge is -2.12. The minimum absolute atomic E-state index is 0.199. The number of carboxylic acids is 1. The largest absolute Gasteiger partial charge is 0.481 e. The maximum atomic E-state index is 10.5. The summed E-state index contributed by atoms with van der Waals surface area (Å²) in [6, 6.07) is 6.28. The minimum atomic E-state index is -0.739. The summed E-state index contributed by atoms with van der Waals surface area (Å²) in [4.78, 5) is 10.5. The van der Waals surface area contributed by atoms with Crippen molar-refractivity contribution >= 4 is 33.7 Å². The zero-order valence-corrected chi connectivity index (χ0v) is 11.9. The van der Waals surface area contributed by atoms with Crippen molar-refractivity contribution in [1.82, 2.24) is 0 Å². The van der Waals surface area contributed by atoms with Crippen LogP contribution in [0.2, 0.25) is 0 Å². The first-order chi connectivity index (χ1) is 8.16. The van der Waals surface area contributed by atoms with Gasteiger partial charge >= 0.3 is 5.97 Å². The Morgan fingerprint density at radius 2 is 2.35 bits per heavy atom. The first kappa shape index (κ1) is 13.0. The fraction of sp³-hybridized carbons (Fsp3) is 0.462. The lowest BCUT2D eigenvalue weighted by Crippen LogP contribution is -2.00. The first-order valence-electron chi connectivity index (χ1n) is 5.74. The van der Waals surface area contributed by atoms with E-state index in [2.05, 4.69) is 34.1 Å². The molecule has 1 aliphatic rings. The fourth-order valence-electron chi connectivity index (χ4n) is 2.09. The van der Waals surface area contributed by atoms with Crippen LogP contribution >= 0.6 is 27.7 Å². The van der Waals surface area contributed by atoms with Gasteiger partial charge in [-0.1, -0.05) is 28.1 Å². The van der Waals surface area contributed by atoms with Crippen molar-refractivity contribution in [2.45, 2.75) is 25.2 Å². The highest BCUT2D eigenvalue weighted by atomic mass is 79.9. The van der Waals surface area contributed by atoms with Gasteiger partial charge in [0.25, 0.3) is 0 Å². The smallest absolute Gasteiger partial charge is 0.303 e. The van der Waals surface area contributed by atoms with E-state index in [9.17, 15) is 4.79 Å². The average molecular weight is 315 g/mol. The van der Waals surface area contributed by atoms with Gasteiger partial charge in [-0.15, -0.1) is 0 Å². The molecule has 1 unspecified atom stereocenters. The number of carbonyl (C=O) groups is 1. The van der Waals surface area contributed by atoms with Gasteiger partial charge < -0.3 is 5.11 Å². The molecule has 0 bridgehead atoms. The molecule has 4 heteroatoms. The van der Waals surface area contributed by atoms with E-state index in [-0.39, 0.29) is 6.42 Å². The van der Waals surface area contributed by atoms with Gasteiger partial charge in [0.05, 0.1) is 0 Å². The normalized spacial score (nSPS) is 19.5. The SMILES string of the molecule is O=C(O)CCc1ccc(C2CCSC2)c(Br)c1. The Kier molecular flexibility index (Phi) is 4.51. The predicted octanol–water partition coefficient (Wildman–Crippen LogP) is 3.69. The molecule has 0 spiro atoms. The van der Waals surface area contributed by atoms with Crippen LogP contribution in [0.4, 0.5) is 0 Å². The van der Waals surface area contributed by atoms with Gasteiger partial charge in [0.15, 0.2) is 0 Å². The Morgan fingerprint density at radius 3 is 2.94 bits per heavy atom. The van der Waals surface area contributed by atoms with Crippen LogP contribution in [-0.2, 0) is 11.2 Å². The Hall–Kier alpha value is -0.480. The summed E-state index contributed by atoms with van der Waals surface area (Å²) in [5, 5.41) is 8.66. The third kappa shape index (κ3) is 3.49. The fourth-order valence-corrected chi connectivity index (χ4v) is 4.09. The molecule has 1 heterocycles. The molecule has 1 aromatic carbocycles. The van der Waals surface area contributed by atoms with Gasteiger partial charge in [0, 0.05) is 16.6 Å². The van der Waals surface area contributed by atoms with Crippen molar-refractivity contribution in [1.29, 1.82) is 0 Å². The molecule has 1 saturated heterocycles. The second-order valence-electron chi connectivity index (χ2n) is 4.31. The monoisotopic (exact) mass is 314 g/mol. The molecule has 1 fully saturated rings. The number of benzene rings is 1. The van der Waals surface area contributed by atoms with Crippen LogP contribution in [0.3, 0.4) is 0 Å². The van der Waals surface area contributed by atoms with E-state index in [0.717, 1.165) is 10.0 Å². The zero-order chi connectivity index (χ0) is 12.3. The molecular formula is C13H15BrO2S. The lowest BCUT2D eigenvalue weighted by molar-refractivity contribution is -0.136. The maximum absolute atomic E-state index is 10.5. The number of aliphatic carboxylic acids is 1. The molecule has 0 aliphatic carbocycles. The second kappa shape index (κ2) is 5.91. The molecule has 17 heavy (non-hydrogen) atoms. The summed E-state index contributed by atoms with van der Waals surface area (Å²) in [6.45, 7) is 0. The Bertz CT molecular complexity index is 414. The summed E-state index contributed by atoms with van der Waals surface area (Å²) in [6.07, 6.45) is 2.05. The third-order valence-electron chi connectivity index (χ3n) is 3.06. The van der Waals surface area contributed by atoms with Crippen molar-refractivity contribution in [3.63, 3.8) is 0 Å². The van der Waals surface area contributed by atoms with E-state index in [1.807, 2.05) is 11.8 Å². The van der Waals surface area contributed by atoms with E-state index < -0.39 is 5.97 Å². The molecule has 2 rings (SSSR count). The van der Waals surface area contributed by atoms with Crippen LogP contribution in [0.25, 0.3) is 0 Å². The lowest BCUT2D eigenvalue weighted by atomic mass is 9.97. The molecule has 1 N–H and O–H groups in total. The number of hydrogen-bond acceptors (Lipinski definition) is 2. The van der Waals surface area contributed by atoms with Crippen LogP contribution in [0, 0.1) is 0 Å². The van der Waals surface area contributed by atoms with Gasteiger partial charge in [-0.25, -0.2) is 0 Å². The van der Waals surface area contributed by atoms with Gasteiger partial charge in [0.2, 0.25) is 0 Å². The van der Waals surface area contributed by atoms with E-state index in [0.29, 0.717) is 12.3 Å². The van der Waals surface area contributed by atoms with Crippen molar-refractivity contribution in [3.05, 3.63) is 33.8 Å². The summed E-state index contributed by atoms with van der Waals surface area (Å²) < 4.78 is 1.13. The minimum Gasteiger partial charge on any atom is -0.481 e. The van der Waals surface area contributed by atoms with E-state index in [4.69, 9.17) is 5.11 Å². The summed E-state index contributed by atoms with van der Waals surface area (Å²) in [5.41, 5.74) is 2.46. The van der Waals surface area contributed by atoms with Crippen LogP contribution in [0.5, 0.6) is 0 Å². The highest BCUT2D eigenvalue weighted by Gasteiger charge is 2.19. The van der Waals surface area contributed by atoms with E-state index in [1.165, 1.54) is 23.5 Å². The van der Waals surface area contributed by atoms with E-state index >= 15 is 0 Å². The molecule has 2 nitrogen and oxygen atoms in total.